The van der Waals surface area contributed by atoms with E-state index in [2.05, 4.69) is 93.9 Å². The van der Waals surface area contributed by atoms with E-state index in [0.29, 0.717) is 53.1 Å². The summed E-state index contributed by atoms with van der Waals surface area (Å²) in [5, 5.41) is 23.0. The van der Waals surface area contributed by atoms with Gasteiger partial charge in [-0.1, -0.05) is 55.4 Å². The maximum atomic E-state index is 13.7. The van der Waals surface area contributed by atoms with Crippen LogP contribution in [0.4, 0.5) is 0 Å². The number of aliphatic hydroxyl groups is 2. The summed E-state index contributed by atoms with van der Waals surface area (Å²) in [6.45, 7) is 19.0. The molecule has 2 N–H and O–H groups in total. The number of amides is 1. The Morgan fingerprint density at radius 3 is 1.11 bits per heavy atom. The van der Waals surface area contributed by atoms with Crippen molar-refractivity contribution in [3.8, 4) is 0 Å². The van der Waals surface area contributed by atoms with Crippen LogP contribution in [0.25, 0.3) is 0 Å². The van der Waals surface area contributed by atoms with Crippen molar-refractivity contribution in [2.24, 2.45) is 80.8 Å². The molecule has 8 nitrogen and oxygen atoms in total. The number of carbonyl (C=O) groups excluding carboxylic acids is 2. The molecule has 0 spiro atoms. The normalized spacial score (nSPS) is 30.1. The molecule has 8 aliphatic rings. The number of Topliss-reactive ketones (excluding diaryl/α,β-unsaturated/α-hetero) is 1. The van der Waals surface area contributed by atoms with Gasteiger partial charge in [0.1, 0.15) is 0 Å². The van der Waals surface area contributed by atoms with E-state index in [0.717, 1.165) is 93.9 Å². The molecule has 0 aliphatic heterocycles. The highest BCUT2D eigenvalue weighted by atomic mass is 79.9. The number of hydrogen-bond acceptors (Lipinski definition) is 7. The Labute approximate surface area is 725 Å². The SMILES string of the molecule is C.COC[C@]12CC[C@@](C)(O)C[C@@H]1CC[C@H]1[C@@H]3CC[C@H](C(=O)N(C)OC)[C@@]3(C)CC[C@@H]12.COC[C@]12CC[C@@](C)(O)C[C@@H]1CC[C@H]1[C@@H]3CC[C@H](C(=O)c4ccc(C)c(C)c4)[C@@]3(C)CC[C@@H]12.Cc1ccc(Br)cc1C.[B]B([B])B([B])B(B([B])[B])B(B(B(B([B])[B])B([B])[B])B(B([B])[B])B([B])[B])B(B(B([B])[B])B([B])[B])B(B([B])[B])B([B])[B]. The highest BCUT2D eigenvalue weighted by Crippen LogP contribution is 2.70. The van der Waals surface area contributed by atoms with Gasteiger partial charge < -0.3 is 19.7 Å². The third-order valence-electron chi connectivity index (χ3n) is 30.6. The number of rotatable bonds is 26. The van der Waals surface area contributed by atoms with Crippen LogP contribution in [0, 0.1) is 109 Å². The third-order valence-corrected chi connectivity index (χ3v) is 31.1. The van der Waals surface area contributed by atoms with Gasteiger partial charge in [0.2, 0.25) is 5.91 Å². The van der Waals surface area contributed by atoms with Crippen molar-refractivity contribution in [2.75, 3.05) is 41.6 Å². The Balaban J connectivity index is 0.000000248. The lowest BCUT2D eigenvalue weighted by Crippen LogP contribution is -2.92. The summed E-state index contributed by atoms with van der Waals surface area (Å²) in [4.78, 5) is 32.0. The molecular formula is C63H98B40BrNO7. The summed E-state index contributed by atoms with van der Waals surface area (Å²) in [6.07, 6.45) is -1.87. The van der Waals surface area contributed by atoms with Crippen LogP contribution < -0.4 is 0 Å². The summed E-state index contributed by atoms with van der Waals surface area (Å²) >= 11 is 3.40. The molecule has 2 aromatic rings. The van der Waals surface area contributed by atoms with Gasteiger partial charge in [-0.25, -0.2) is 5.06 Å². The molecule has 0 bridgehead atoms. The molecule has 1 amide bonds. The van der Waals surface area contributed by atoms with E-state index in [4.69, 9.17) is 177 Å². The first-order valence-electron chi connectivity index (χ1n) is 41.1. The number of halogens is 1. The minimum atomic E-state index is -1.25. The van der Waals surface area contributed by atoms with Crippen molar-refractivity contribution >= 4 is 311 Å². The van der Waals surface area contributed by atoms with Crippen molar-refractivity contribution in [3.63, 3.8) is 0 Å². The van der Waals surface area contributed by atoms with E-state index in [1.54, 1.807) is 14.2 Å². The molecule has 112 heavy (non-hydrogen) atoms. The van der Waals surface area contributed by atoms with E-state index < -0.39 is 133 Å². The number of fused-ring (bicyclic) bond motifs is 10. The minimum Gasteiger partial charge on any atom is -0.390 e. The highest BCUT2D eigenvalue weighted by molar-refractivity contribution is 9.10. The summed E-state index contributed by atoms with van der Waals surface area (Å²) < 4.78 is 12.9. The molecule has 8 aliphatic carbocycles. The smallest absolute Gasteiger partial charge is 0.249 e. The molecule has 0 unspecified atom stereocenters. The van der Waals surface area contributed by atoms with Crippen LogP contribution in [-0.4, -0.2) is 364 Å². The molecule has 2 aromatic carbocycles. The Hall–Kier alpha value is 0.457. The predicted molar refractivity (Wildman–Crippen MR) is 525 cm³/mol. The van der Waals surface area contributed by atoms with Crippen LogP contribution in [0.1, 0.15) is 183 Å². The fourth-order valence-corrected chi connectivity index (χ4v) is 25.4. The number of benzene rings is 2. The van der Waals surface area contributed by atoms with Gasteiger partial charge in [0.15, 0.2) is 5.78 Å². The summed E-state index contributed by atoms with van der Waals surface area (Å²) in [5.74, 6) is 5.94. The lowest BCUT2D eigenvalue weighted by molar-refractivity contribution is -0.188. The Bertz CT molecular complexity index is 3210. The second-order valence-corrected chi connectivity index (χ2v) is 38.2. The molecule has 10 rings (SSSR count). The molecule has 524 valence electrons. The topological polar surface area (TPSA) is 106 Å². The van der Waals surface area contributed by atoms with Crippen LogP contribution in [0.15, 0.2) is 40.9 Å². The van der Waals surface area contributed by atoms with Crippen LogP contribution in [-0.2, 0) is 19.1 Å². The predicted octanol–water partition coefficient (Wildman–Crippen LogP) is -0.965. The first kappa shape index (κ1) is 101. The van der Waals surface area contributed by atoms with Crippen molar-refractivity contribution in [1.29, 1.82) is 0 Å². The van der Waals surface area contributed by atoms with Gasteiger partial charge in [0.05, 0.1) is 31.5 Å². The summed E-state index contributed by atoms with van der Waals surface area (Å²) in [5.41, 5.74) is 5.69. The van der Waals surface area contributed by atoms with Gasteiger partial charge in [0, 0.05) is 327 Å². The summed E-state index contributed by atoms with van der Waals surface area (Å²) in [6, 6.07) is 12.6. The monoisotopic (exact) mass is 1500 g/mol. The number of ketones is 1. The number of aryl methyl sites for hydroxylation is 4. The van der Waals surface area contributed by atoms with Crippen molar-refractivity contribution in [1.82, 2.24) is 5.06 Å². The zero-order valence-electron chi connectivity index (χ0n) is 69.2. The van der Waals surface area contributed by atoms with Crippen LogP contribution in [0.5, 0.6) is 0 Å². The number of carbonyl (C=O) groups is 2. The van der Waals surface area contributed by atoms with Crippen molar-refractivity contribution in [2.45, 2.75) is 190 Å². The maximum Gasteiger partial charge on any atom is 0.249 e. The van der Waals surface area contributed by atoms with E-state index in [1.165, 1.54) is 72.3 Å². The number of nitrogens with zero attached hydrogens (tertiary/aromatic N) is 1. The Kier molecular flexibility index (Phi) is 38.2. The minimum absolute atomic E-state index is 0. The maximum absolute atomic E-state index is 13.7. The number of ether oxygens (including phenoxy) is 2. The molecule has 16 atom stereocenters. The molecule has 0 aromatic heterocycles. The molecule has 49 heteroatoms. The standard InChI is InChI=1S/C30H44O3.C24H41NO4.C8H9Br.CH4.B40/c1-19-6-7-21(16-20(19)2)27(31)26-11-10-24-23-9-8-22-17-28(3,32)14-15-30(22,18-33-5)25(23)12-13-29(24,26)4;1-22(27)12-13-24(15-28-4)16(14-22)6-7-17-18-8-9-20(21(26)25(3)29-5)23(18,2)11-10-19(17)24;1-6-3-4-8(9)5-7(6)2;;1-22(2)32(21)37(31(19)20)40(38(33(23(3)4)24(5)6)34(25(7)8)26(9)10)39(35(27(11)12)28(13)14)36(29(15)16)30(17)18/h6-7,16,22-26,32H,8-15,17-18H2,1-5H3;16-20,27H,6-15H2,1-5H3;3-5H,1-2H3;1H4;/t22-,23-,24-,25-,26+,28+,29-,30+;16-,17-,18-,19-,20+,22+,23-,24+;;;/m00.../s1. The molecule has 8 fully saturated rings. The van der Waals surface area contributed by atoms with Gasteiger partial charge in [-0.15, -0.1) is 0 Å². The quantitative estimate of drug-likeness (QED) is 0.0712. The first-order valence-corrected chi connectivity index (χ1v) is 41.9. The van der Waals surface area contributed by atoms with Crippen molar-refractivity contribution in [3.05, 3.63) is 68.7 Å². The number of methoxy groups -OCH3 is 2. The van der Waals surface area contributed by atoms with Gasteiger partial charge >= 0.3 is 0 Å². The second-order valence-electron chi connectivity index (χ2n) is 37.3. The molecule has 8 saturated carbocycles. The average Bonchev–Trinajstić information content (AvgIpc) is 1.37. The van der Waals surface area contributed by atoms with Crippen molar-refractivity contribution < 1.29 is 34.1 Å². The molecular weight excluding hydrogens is 1400 g/mol. The van der Waals surface area contributed by atoms with Crippen LogP contribution in [0.2, 0.25) is 0 Å². The lowest BCUT2D eigenvalue weighted by Gasteiger charge is -2.62. The van der Waals surface area contributed by atoms with Gasteiger partial charge in [-0.3, -0.25) is 14.4 Å². The molecule has 0 saturated heterocycles. The van der Waals surface area contributed by atoms with E-state index in [1.807, 2.05) is 28.1 Å². The third kappa shape index (κ3) is 22.1. The average molecular weight is 1490 g/mol. The van der Waals surface area contributed by atoms with E-state index >= 15 is 0 Å². The van der Waals surface area contributed by atoms with Crippen LogP contribution >= 0.6 is 15.9 Å². The second kappa shape index (κ2) is 42.2. The van der Waals surface area contributed by atoms with E-state index in [-0.39, 0.29) is 46.8 Å². The molecule has 0 heterocycles. The number of hydroxylamine groups is 2. The zero-order valence-corrected chi connectivity index (χ0v) is 70.8. The largest absolute Gasteiger partial charge is 0.390 e. The van der Waals surface area contributed by atoms with E-state index in [9.17, 15) is 19.8 Å². The fraction of sp³-hybridized carbons (Fsp3) is 0.778. The molecule has 42 radical (unpaired) electrons. The first-order chi connectivity index (χ1) is 51.6. The van der Waals surface area contributed by atoms with Gasteiger partial charge in [-0.2, -0.15) is 0 Å². The van der Waals surface area contributed by atoms with Gasteiger partial charge in [0.25, 0.3) is 0 Å². The fourth-order valence-electron chi connectivity index (χ4n) is 24.9. The Morgan fingerprint density at radius 2 is 0.777 bits per heavy atom. The highest BCUT2D eigenvalue weighted by Gasteiger charge is 2.66. The lowest BCUT2D eigenvalue weighted by atomic mass is 8.27. The Morgan fingerprint density at radius 1 is 0.429 bits per heavy atom. The van der Waals surface area contributed by atoms with Gasteiger partial charge in [-0.05, 0) is 267 Å². The number of hydrogen-bond donors (Lipinski definition) is 2. The summed E-state index contributed by atoms with van der Waals surface area (Å²) in [7, 11) is 138. The zero-order chi connectivity index (χ0) is 83.4. The van der Waals surface area contributed by atoms with Crippen LogP contribution in [0.3, 0.4) is 0 Å².